The van der Waals surface area contributed by atoms with Crippen molar-refractivity contribution < 1.29 is 9.53 Å². The Labute approximate surface area is 139 Å². The van der Waals surface area contributed by atoms with Crippen LogP contribution in [0.4, 0.5) is 4.79 Å². The first-order valence-electron chi connectivity index (χ1n) is 8.92. The highest BCUT2D eigenvalue weighted by Gasteiger charge is 2.33. The standard InChI is InChI=1S/C17H30N4O2/c1-17(2,3)23-16(22)21-10-7-18-15(12-21)19-13-6-9-20-8-4-5-14(20)11-13/h13-14H,4-12H2,1-3H3,(H,18,19). The van der Waals surface area contributed by atoms with Crippen molar-refractivity contribution in [3.8, 4) is 0 Å². The van der Waals surface area contributed by atoms with Crippen LogP contribution in [0.2, 0.25) is 0 Å². The molecule has 3 aliphatic heterocycles. The molecule has 1 amide bonds. The van der Waals surface area contributed by atoms with Crippen LogP contribution >= 0.6 is 0 Å². The average molecular weight is 322 g/mol. The van der Waals surface area contributed by atoms with E-state index in [4.69, 9.17) is 4.74 Å². The fraction of sp³-hybridized carbons (Fsp3) is 0.882. The minimum absolute atomic E-state index is 0.239. The number of nitrogens with zero attached hydrogens (tertiary/aromatic N) is 3. The van der Waals surface area contributed by atoms with Gasteiger partial charge in [0.05, 0.1) is 13.1 Å². The highest BCUT2D eigenvalue weighted by molar-refractivity contribution is 5.88. The third-order valence-corrected chi connectivity index (χ3v) is 4.86. The highest BCUT2D eigenvalue weighted by atomic mass is 16.6. The van der Waals surface area contributed by atoms with Crippen LogP contribution in [0.3, 0.4) is 0 Å². The number of hydrogen-bond acceptors (Lipinski definition) is 5. The number of nitrogens with one attached hydrogen (secondary N) is 1. The maximum absolute atomic E-state index is 12.2. The largest absolute Gasteiger partial charge is 0.444 e. The van der Waals surface area contributed by atoms with Crippen molar-refractivity contribution >= 4 is 11.9 Å². The van der Waals surface area contributed by atoms with Gasteiger partial charge >= 0.3 is 6.09 Å². The van der Waals surface area contributed by atoms with E-state index in [0.717, 1.165) is 11.9 Å². The lowest BCUT2D eigenvalue weighted by molar-refractivity contribution is 0.0275. The molecule has 0 aliphatic carbocycles. The third-order valence-electron chi connectivity index (χ3n) is 4.86. The molecule has 130 valence electrons. The van der Waals surface area contributed by atoms with Gasteiger partial charge in [-0.15, -0.1) is 0 Å². The molecule has 0 radical (unpaired) electrons. The summed E-state index contributed by atoms with van der Waals surface area (Å²) in [5.41, 5.74) is -0.450. The molecule has 3 heterocycles. The molecule has 2 saturated heterocycles. The number of hydrogen-bond donors (Lipinski definition) is 1. The number of amidine groups is 1. The summed E-state index contributed by atoms with van der Waals surface area (Å²) in [4.78, 5) is 21.2. The van der Waals surface area contributed by atoms with Gasteiger partial charge in [0.2, 0.25) is 0 Å². The summed E-state index contributed by atoms with van der Waals surface area (Å²) in [6.07, 6.45) is 4.80. The van der Waals surface area contributed by atoms with Gasteiger partial charge in [-0.2, -0.15) is 0 Å². The van der Waals surface area contributed by atoms with Gasteiger partial charge in [-0.05, 0) is 53.0 Å². The number of ether oxygens (including phenoxy) is 1. The first-order chi connectivity index (χ1) is 10.9. The molecule has 0 spiro atoms. The lowest BCUT2D eigenvalue weighted by Crippen LogP contribution is -2.52. The molecule has 2 atom stereocenters. The fourth-order valence-electron chi connectivity index (χ4n) is 3.78. The summed E-state index contributed by atoms with van der Waals surface area (Å²) in [6.45, 7) is 9.99. The summed E-state index contributed by atoms with van der Waals surface area (Å²) >= 11 is 0. The van der Waals surface area contributed by atoms with Crippen LogP contribution < -0.4 is 5.32 Å². The van der Waals surface area contributed by atoms with Crippen LogP contribution in [0.5, 0.6) is 0 Å². The van der Waals surface area contributed by atoms with Gasteiger partial charge in [0, 0.05) is 25.2 Å². The van der Waals surface area contributed by atoms with Gasteiger partial charge in [-0.1, -0.05) is 0 Å². The van der Waals surface area contributed by atoms with E-state index in [9.17, 15) is 4.79 Å². The van der Waals surface area contributed by atoms with Crippen molar-refractivity contribution in [2.24, 2.45) is 4.99 Å². The topological polar surface area (TPSA) is 57.2 Å². The van der Waals surface area contributed by atoms with Gasteiger partial charge in [0.25, 0.3) is 0 Å². The Kier molecular flexibility index (Phi) is 4.80. The van der Waals surface area contributed by atoms with Gasteiger partial charge in [-0.3, -0.25) is 9.89 Å². The van der Waals surface area contributed by atoms with E-state index in [1.165, 1.54) is 38.8 Å². The molecule has 0 bridgehead atoms. The molecule has 2 unspecified atom stereocenters. The normalized spacial score (nSPS) is 29.0. The highest BCUT2D eigenvalue weighted by Crippen LogP contribution is 2.26. The van der Waals surface area contributed by atoms with E-state index in [1.54, 1.807) is 4.90 Å². The summed E-state index contributed by atoms with van der Waals surface area (Å²) in [6, 6.07) is 1.24. The van der Waals surface area contributed by atoms with Crippen LogP contribution in [-0.2, 0) is 4.74 Å². The van der Waals surface area contributed by atoms with E-state index in [-0.39, 0.29) is 6.09 Å². The predicted octanol–water partition coefficient (Wildman–Crippen LogP) is 1.85. The molecule has 0 aromatic rings. The molecule has 3 rings (SSSR count). The maximum Gasteiger partial charge on any atom is 0.410 e. The van der Waals surface area contributed by atoms with Gasteiger partial charge in [0.15, 0.2) is 0 Å². The summed E-state index contributed by atoms with van der Waals surface area (Å²) in [5.74, 6) is 0.943. The van der Waals surface area contributed by atoms with Gasteiger partial charge in [0.1, 0.15) is 11.4 Å². The zero-order valence-corrected chi connectivity index (χ0v) is 14.7. The first kappa shape index (κ1) is 16.6. The Morgan fingerprint density at radius 2 is 2.09 bits per heavy atom. The molecule has 2 fully saturated rings. The van der Waals surface area contributed by atoms with Crippen LogP contribution in [0.25, 0.3) is 0 Å². The van der Waals surface area contributed by atoms with Crippen molar-refractivity contribution in [1.29, 1.82) is 0 Å². The van der Waals surface area contributed by atoms with Gasteiger partial charge in [-0.25, -0.2) is 4.79 Å². The third kappa shape index (κ3) is 4.37. The fourth-order valence-corrected chi connectivity index (χ4v) is 3.78. The molecule has 0 aromatic carbocycles. The van der Waals surface area contributed by atoms with Gasteiger partial charge < -0.3 is 15.0 Å². The molecule has 6 nitrogen and oxygen atoms in total. The minimum atomic E-state index is -0.450. The maximum atomic E-state index is 12.2. The van der Waals surface area contributed by atoms with Crippen molar-refractivity contribution in [3.63, 3.8) is 0 Å². The monoisotopic (exact) mass is 322 g/mol. The van der Waals surface area contributed by atoms with E-state index >= 15 is 0 Å². The molecule has 0 saturated carbocycles. The molecular weight excluding hydrogens is 292 g/mol. The number of carbonyl (C=O) groups excluding carboxylic acids is 1. The Hall–Kier alpha value is -1.30. The smallest absolute Gasteiger partial charge is 0.410 e. The molecule has 23 heavy (non-hydrogen) atoms. The quantitative estimate of drug-likeness (QED) is 0.800. The van der Waals surface area contributed by atoms with E-state index in [2.05, 4.69) is 15.2 Å². The molecular formula is C17H30N4O2. The van der Waals surface area contributed by atoms with Crippen LogP contribution in [0.15, 0.2) is 4.99 Å². The van der Waals surface area contributed by atoms with Crippen molar-refractivity contribution in [3.05, 3.63) is 0 Å². The molecule has 3 aliphatic rings. The number of aliphatic imine (C=N–C) groups is 1. The predicted molar refractivity (Wildman–Crippen MR) is 90.9 cm³/mol. The van der Waals surface area contributed by atoms with E-state index < -0.39 is 5.60 Å². The van der Waals surface area contributed by atoms with Crippen LogP contribution in [0.1, 0.15) is 46.5 Å². The Bertz CT molecular complexity index is 472. The first-order valence-corrected chi connectivity index (χ1v) is 8.92. The Balaban J connectivity index is 1.51. The van der Waals surface area contributed by atoms with E-state index in [1.807, 2.05) is 20.8 Å². The lowest BCUT2D eigenvalue weighted by Gasteiger charge is -2.37. The SMILES string of the molecule is CC(C)(C)OC(=O)N1CCN=C(NC2CCN3CCCC3C2)C1. The van der Waals surface area contributed by atoms with Crippen LogP contribution in [-0.4, -0.2) is 72.1 Å². The minimum Gasteiger partial charge on any atom is -0.444 e. The van der Waals surface area contributed by atoms with Crippen molar-refractivity contribution in [2.45, 2.75) is 64.1 Å². The second-order valence-electron chi connectivity index (χ2n) is 7.93. The number of rotatable bonds is 1. The number of piperidine rings is 1. The van der Waals surface area contributed by atoms with Crippen molar-refractivity contribution in [2.75, 3.05) is 32.7 Å². The Morgan fingerprint density at radius 3 is 2.87 bits per heavy atom. The number of amides is 1. The zero-order valence-electron chi connectivity index (χ0n) is 14.7. The van der Waals surface area contributed by atoms with E-state index in [0.29, 0.717) is 25.7 Å². The van der Waals surface area contributed by atoms with Crippen molar-refractivity contribution in [1.82, 2.24) is 15.1 Å². The Morgan fingerprint density at radius 1 is 1.26 bits per heavy atom. The molecule has 1 N–H and O–H groups in total. The lowest BCUT2D eigenvalue weighted by atomic mass is 9.97. The number of carbonyl (C=O) groups is 1. The summed E-state index contributed by atoms with van der Waals surface area (Å²) in [7, 11) is 0. The second-order valence-corrected chi connectivity index (χ2v) is 7.93. The summed E-state index contributed by atoms with van der Waals surface area (Å²) in [5, 5.41) is 3.59. The second kappa shape index (κ2) is 6.67. The average Bonchev–Trinajstić information content (AvgIpc) is 2.93. The zero-order chi connectivity index (χ0) is 16.4. The van der Waals surface area contributed by atoms with Crippen LogP contribution in [0, 0.1) is 0 Å². The number of fused-ring (bicyclic) bond motifs is 1. The molecule has 0 aromatic heterocycles. The summed E-state index contributed by atoms with van der Waals surface area (Å²) < 4.78 is 5.47. The molecule has 6 heteroatoms.